The SMILES string of the molecule is COc1ccc(C2CCCCC2)c2c1cc1n2CC2=C(C(=O)NS(=O)(=O)N(C)CCN3CCN(C(=O)OC(C)(C)C)CC3)C2=C2C=CC[C@@H](C(=O)O)C21. The van der Waals surface area contributed by atoms with Gasteiger partial charge in [-0.25, -0.2) is 9.52 Å². The Morgan fingerprint density at radius 3 is 2.43 bits per heavy atom. The summed E-state index contributed by atoms with van der Waals surface area (Å²) < 4.78 is 43.9. The molecule has 286 valence electrons. The average Bonchev–Trinajstić information content (AvgIpc) is 3.75. The number of hydrogen-bond donors (Lipinski definition) is 2. The molecule has 2 aromatic rings. The van der Waals surface area contributed by atoms with Crippen LogP contribution in [0.3, 0.4) is 0 Å². The van der Waals surface area contributed by atoms with Crippen molar-refractivity contribution in [2.24, 2.45) is 5.92 Å². The van der Waals surface area contributed by atoms with Crippen molar-refractivity contribution in [3.63, 3.8) is 0 Å². The van der Waals surface area contributed by atoms with Crippen molar-refractivity contribution in [3.05, 3.63) is 63.9 Å². The number of nitrogens with one attached hydrogen (secondary N) is 1. The number of piperazine rings is 1. The first-order chi connectivity index (χ1) is 25.2. The Hall–Kier alpha value is -4.14. The maximum atomic E-state index is 13.9. The van der Waals surface area contributed by atoms with E-state index >= 15 is 0 Å². The molecule has 1 saturated carbocycles. The zero-order valence-corrected chi connectivity index (χ0v) is 32.1. The minimum absolute atomic E-state index is 0.143. The van der Waals surface area contributed by atoms with Gasteiger partial charge in [0.15, 0.2) is 0 Å². The van der Waals surface area contributed by atoms with Crippen molar-refractivity contribution in [2.75, 3.05) is 53.4 Å². The quantitative estimate of drug-likeness (QED) is 0.365. The monoisotopic (exact) mass is 749 g/mol. The van der Waals surface area contributed by atoms with E-state index in [1.807, 2.05) is 39.0 Å². The summed E-state index contributed by atoms with van der Waals surface area (Å²) in [6, 6.07) is 6.21. The van der Waals surface area contributed by atoms with E-state index in [-0.39, 0.29) is 12.6 Å². The van der Waals surface area contributed by atoms with Crippen LogP contribution in [0.4, 0.5) is 4.79 Å². The molecule has 3 aliphatic carbocycles. The van der Waals surface area contributed by atoms with Crippen LogP contribution in [0, 0.1) is 5.92 Å². The first-order valence-electron chi connectivity index (χ1n) is 18.7. The lowest BCUT2D eigenvalue weighted by Crippen LogP contribution is -2.52. The Bertz CT molecular complexity index is 2030. The molecule has 2 N–H and O–H groups in total. The number of carboxylic acid groups (broad SMARTS) is 1. The van der Waals surface area contributed by atoms with E-state index in [1.165, 1.54) is 19.0 Å². The molecule has 5 aliphatic rings. The van der Waals surface area contributed by atoms with Crippen molar-refractivity contribution < 1.29 is 37.4 Å². The maximum absolute atomic E-state index is 13.9. The van der Waals surface area contributed by atoms with Gasteiger partial charge in [0.2, 0.25) is 0 Å². The Labute approximate surface area is 311 Å². The molecule has 0 spiro atoms. The number of carboxylic acids is 1. The number of aromatic nitrogens is 1. The number of allylic oxidation sites excluding steroid dienone is 4. The minimum atomic E-state index is -4.20. The second kappa shape index (κ2) is 14.3. The third-order valence-corrected chi connectivity index (χ3v) is 12.9. The molecule has 3 heterocycles. The van der Waals surface area contributed by atoms with Gasteiger partial charge in [0, 0.05) is 69.9 Å². The van der Waals surface area contributed by atoms with Gasteiger partial charge in [-0.15, -0.1) is 0 Å². The van der Waals surface area contributed by atoms with E-state index in [9.17, 15) is 27.9 Å². The van der Waals surface area contributed by atoms with Gasteiger partial charge in [0.25, 0.3) is 5.91 Å². The number of carbonyl (C=O) groups excluding carboxylic acids is 2. The fourth-order valence-corrected chi connectivity index (χ4v) is 9.45. The second-order valence-electron chi connectivity index (χ2n) is 15.9. The van der Waals surface area contributed by atoms with Crippen LogP contribution in [0.15, 0.2) is 52.6 Å². The molecule has 1 saturated heterocycles. The highest BCUT2D eigenvalue weighted by atomic mass is 32.2. The number of fused-ring (bicyclic) bond motifs is 6. The van der Waals surface area contributed by atoms with Crippen molar-refractivity contribution in [1.82, 2.24) is 23.4 Å². The molecular formula is C39H51N5O8S. The second-order valence-corrected chi connectivity index (χ2v) is 17.7. The topological polar surface area (TPSA) is 151 Å². The van der Waals surface area contributed by atoms with E-state index in [2.05, 4.69) is 26.3 Å². The van der Waals surface area contributed by atoms with Gasteiger partial charge in [0.05, 0.1) is 24.1 Å². The average molecular weight is 750 g/mol. The molecule has 0 radical (unpaired) electrons. The van der Waals surface area contributed by atoms with Gasteiger partial charge >= 0.3 is 22.3 Å². The van der Waals surface area contributed by atoms with Crippen molar-refractivity contribution in [2.45, 2.75) is 83.3 Å². The number of hydrogen-bond acceptors (Lipinski definition) is 8. The van der Waals surface area contributed by atoms with Gasteiger partial charge in [-0.1, -0.05) is 37.5 Å². The summed E-state index contributed by atoms with van der Waals surface area (Å²) in [5.74, 6) is -1.83. The Morgan fingerprint density at radius 2 is 1.77 bits per heavy atom. The zero-order chi connectivity index (χ0) is 37.8. The highest BCUT2D eigenvalue weighted by molar-refractivity contribution is 7.87. The first-order valence-corrected chi connectivity index (χ1v) is 20.2. The Balaban J connectivity index is 1.12. The number of amides is 2. The molecule has 7 rings (SSSR count). The summed E-state index contributed by atoms with van der Waals surface area (Å²) in [7, 11) is -1.12. The number of carbonyl (C=O) groups is 3. The van der Waals surface area contributed by atoms with Gasteiger partial charge in [-0.2, -0.15) is 12.7 Å². The smallest absolute Gasteiger partial charge is 0.410 e. The van der Waals surface area contributed by atoms with Crippen LogP contribution >= 0.6 is 0 Å². The fraction of sp³-hybridized carbons (Fsp3) is 0.564. The van der Waals surface area contributed by atoms with E-state index in [4.69, 9.17) is 9.47 Å². The number of aliphatic carboxylic acids is 1. The number of benzene rings is 1. The van der Waals surface area contributed by atoms with Crippen LogP contribution in [0.25, 0.3) is 10.9 Å². The zero-order valence-electron chi connectivity index (χ0n) is 31.3. The van der Waals surface area contributed by atoms with Gasteiger partial charge in [-0.05, 0) is 80.4 Å². The van der Waals surface area contributed by atoms with E-state index in [0.29, 0.717) is 68.5 Å². The number of ether oxygens (including phenoxy) is 2. The number of nitrogens with zero attached hydrogens (tertiary/aromatic N) is 4. The Morgan fingerprint density at radius 1 is 1.06 bits per heavy atom. The first kappa shape index (κ1) is 37.2. The van der Waals surface area contributed by atoms with Crippen LogP contribution in [0.5, 0.6) is 5.75 Å². The predicted octanol–water partition coefficient (Wildman–Crippen LogP) is 4.91. The van der Waals surface area contributed by atoms with Crippen LogP contribution < -0.4 is 9.46 Å². The van der Waals surface area contributed by atoms with E-state index in [0.717, 1.165) is 57.7 Å². The van der Waals surface area contributed by atoms with E-state index in [1.54, 1.807) is 12.0 Å². The summed E-state index contributed by atoms with van der Waals surface area (Å²) in [6.07, 6.45) is 9.40. The predicted molar refractivity (Wildman–Crippen MR) is 200 cm³/mol. The van der Waals surface area contributed by atoms with Gasteiger partial charge in [0.1, 0.15) is 11.4 Å². The molecule has 1 unspecified atom stereocenters. The minimum Gasteiger partial charge on any atom is -0.496 e. The normalized spacial score (nSPS) is 22.3. The van der Waals surface area contributed by atoms with Crippen LogP contribution in [-0.2, 0) is 31.1 Å². The molecule has 2 aliphatic heterocycles. The summed E-state index contributed by atoms with van der Waals surface area (Å²) >= 11 is 0. The molecule has 2 amide bonds. The number of methoxy groups -OCH3 is 1. The maximum Gasteiger partial charge on any atom is 0.410 e. The van der Waals surface area contributed by atoms with Crippen LogP contribution in [-0.4, -0.2) is 109 Å². The molecule has 0 bridgehead atoms. The third-order valence-electron chi connectivity index (χ3n) is 11.4. The summed E-state index contributed by atoms with van der Waals surface area (Å²) in [4.78, 5) is 42.8. The lowest BCUT2D eigenvalue weighted by atomic mass is 9.76. The van der Waals surface area contributed by atoms with Crippen molar-refractivity contribution >= 4 is 39.1 Å². The molecule has 53 heavy (non-hydrogen) atoms. The molecule has 2 fully saturated rings. The van der Waals surface area contributed by atoms with Crippen LogP contribution in [0.2, 0.25) is 0 Å². The largest absolute Gasteiger partial charge is 0.496 e. The lowest BCUT2D eigenvalue weighted by Gasteiger charge is -2.36. The third kappa shape index (κ3) is 7.25. The summed E-state index contributed by atoms with van der Waals surface area (Å²) in [6.45, 7) is 8.47. The molecule has 2 atom stereocenters. The van der Waals surface area contributed by atoms with Gasteiger partial charge in [-0.3, -0.25) is 14.5 Å². The summed E-state index contributed by atoms with van der Waals surface area (Å²) in [5.41, 5.74) is 4.94. The molecule has 13 nitrogen and oxygen atoms in total. The van der Waals surface area contributed by atoms with Crippen LogP contribution in [0.1, 0.15) is 82.4 Å². The molecule has 1 aromatic carbocycles. The standard InChI is InChI=1S/C39H51N5O8S/c1-39(2,3)52-38(48)43-20-18-42(19-21-43)17-16-41(4)53(49,50)40-36(45)34-29-23-44-30(32-26(33(29)34)12-9-13-27(32)37(46)47)22-28-31(51-5)15-14-25(35(28)44)24-10-7-6-8-11-24/h9,12,14-15,22,24,27,32H,6-8,10-11,13,16-21,23H2,1-5H3,(H,40,45)(H,46,47)/t27-,32?/m1/s1. The van der Waals surface area contributed by atoms with Gasteiger partial charge < -0.3 is 24.0 Å². The molecular weight excluding hydrogens is 699 g/mol. The number of likely N-dealkylation sites (N-methyl/N-ethyl adjacent to an activating group) is 1. The van der Waals surface area contributed by atoms with E-state index < -0.39 is 39.5 Å². The highest BCUT2D eigenvalue weighted by Crippen LogP contribution is 2.55. The summed E-state index contributed by atoms with van der Waals surface area (Å²) in [5, 5.41) is 11.4. The van der Waals surface area contributed by atoms with Crippen molar-refractivity contribution in [1.29, 1.82) is 0 Å². The highest BCUT2D eigenvalue weighted by Gasteiger charge is 2.47. The fourth-order valence-electron chi connectivity index (χ4n) is 8.64. The lowest BCUT2D eigenvalue weighted by molar-refractivity contribution is -0.142. The number of rotatable bonds is 9. The Kier molecular flexibility index (Phi) is 10.0. The molecule has 1 aromatic heterocycles. The van der Waals surface area contributed by atoms with Crippen molar-refractivity contribution in [3.8, 4) is 5.75 Å². The molecule has 14 heteroatoms.